The third-order valence-corrected chi connectivity index (χ3v) is 2.54. The number of aromatic amines is 1. The molecule has 2 heterocycles. The van der Waals surface area contributed by atoms with Gasteiger partial charge in [0.05, 0.1) is 22.6 Å². The fraction of sp³-hybridized carbons (Fsp3) is 0.0833. The molecule has 0 amide bonds. The molecule has 0 atom stereocenters. The number of ether oxygens (including phenoxy) is 1. The van der Waals surface area contributed by atoms with Gasteiger partial charge in [-0.1, -0.05) is 0 Å². The van der Waals surface area contributed by atoms with Crippen LogP contribution in [0.25, 0.3) is 21.8 Å². The minimum Gasteiger partial charge on any atom is -0.426 e. The number of esters is 1. The van der Waals surface area contributed by atoms with Crippen molar-refractivity contribution in [1.82, 2.24) is 15.2 Å². The van der Waals surface area contributed by atoms with E-state index in [1.54, 1.807) is 18.5 Å². The summed E-state index contributed by atoms with van der Waals surface area (Å²) < 4.78 is 5.18. The summed E-state index contributed by atoms with van der Waals surface area (Å²) in [4.78, 5) is 15.3. The maximum absolute atomic E-state index is 11.1. The molecule has 1 aromatic carbocycles. The predicted octanol–water partition coefficient (Wildman–Crippen LogP) is 2.04. The van der Waals surface area contributed by atoms with Crippen molar-refractivity contribution >= 4 is 27.8 Å². The van der Waals surface area contributed by atoms with Crippen molar-refractivity contribution in [3.05, 3.63) is 30.6 Å². The zero-order chi connectivity index (χ0) is 11.8. The molecule has 0 aliphatic heterocycles. The minimum absolute atomic E-state index is 0.349. The number of benzene rings is 1. The summed E-state index contributed by atoms with van der Waals surface area (Å²) >= 11 is 0. The Morgan fingerprint density at radius 3 is 3.06 bits per heavy atom. The van der Waals surface area contributed by atoms with Crippen molar-refractivity contribution in [3.63, 3.8) is 0 Å². The van der Waals surface area contributed by atoms with E-state index in [4.69, 9.17) is 4.74 Å². The molecule has 0 aliphatic rings. The van der Waals surface area contributed by atoms with Gasteiger partial charge in [-0.15, -0.1) is 0 Å². The molecule has 0 bridgehead atoms. The first kappa shape index (κ1) is 9.77. The molecule has 84 valence electrons. The zero-order valence-electron chi connectivity index (χ0n) is 9.10. The first-order chi connectivity index (χ1) is 8.25. The summed E-state index contributed by atoms with van der Waals surface area (Å²) in [5.74, 6) is 0.160. The standard InChI is InChI=1S/C12H9N3O2/c1-7(16)17-11-4-5-13-10-3-2-9-8(12(10)11)6-14-15-9/h2-6H,1H3,(H,14,15). The van der Waals surface area contributed by atoms with Crippen LogP contribution < -0.4 is 4.74 Å². The molecule has 5 nitrogen and oxygen atoms in total. The molecular weight excluding hydrogens is 218 g/mol. The summed E-state index contributed by atoms with van der Waals surface area (Å²) in [5, 5.41) is 8.55. The van der Waals surface area contributed by atoms with Crippen LogP contribution in [-0.2, 0) is 4.79 Å². The topological polar surface area (TPSA) is 67.9 Å². The van der Waals surface area contributed by atoms with Crippen LogP contribution in [0.5, 0.6) is 5.75 Å². The Morgan fingerprint density at radius 2 is 2.24 bits per heavy atom. The first-order valence-electron chi connectivity index (χ1n) is 5.15. The van der Waals surface area contributed by atoms with Crippen LogP contribution in [0.15, 0.2) is 30.6 Å². The monoisotopic (exact) mass is 227 g/mol. The van der Waals surface area contributed by atoms with Crippen LogP contribution in [0.3, 0.4) is 0 Å². The van der Waals surface area contributed by atoms with E-state index in [1.165, 1.54) is 6.92 Å². The molecule has 0 spiro atoms. The Bertz CT molecular complexity index is 718. The molecule has 0 saturated carbocycles. The van der Waals surface area contributed by atoms with Crippen molar-refractivity contribution in [2.45, 2.75) is 6.92 Å². The number of carbonyl (C=O) groups is 1. The van der Waals surface area contributed by atoms with Gasteiger partial charge in [0.25, 0.3) is 0 Å². The Labute approximate surface area is 96.4 Å². The van der Waals surface area contributed by atoms with Crippen molar-refractivity contribution in [1.29, 1.82) is 0 Å². The second kappa shape index (κ2) is 3.55. The summed E-state index contributed by atoms with van der Waals surface area (Å²) in [6, 6.07) is 5.44. The highest BCUT2D eigenvalue weighted by Crippen LogP contribution is 2.30. The van der Waals surface area contributed by atoms with Gasteiger partial charge in [-0.2, -0.15) is 5.10 Å². The number of H-pyrrole nitrogens is 1. The summed E-state index contributed by atoms with van der Waals surface area (Å²) in [5.41, 5.74) is 1.66. The lowest BCUT2D eigenvalue weighted by Gasteiger charge is -2.05. The quantitative estimate of drug-likeness (QED) is 0.646. The number of carbonyl (C=O) groups excluding carboxylic acids is 1. The lowest BCUT2D eigenvalue weighted by molar-refractivity contribution is -0.131. The van der Waals surface area contributed by atoms with Gasteiger partial charge in [0.15, 0.2) is 0 Å². The normalized spacial score (nSPS) is 10.9. The Kier molecular flexibility index (Phi) is 2.04. The molecule has 0 aliphatic carbocycles. The molecule has 2 aromatic heterocycles. The van der Waals surface area contributed by atoms with Crippen molar-refractivity contribution in [2.24, 2.45) is 0 Å². The third kappa shape index (κ3) is 1.52. The van der Waals surface area contributed by atoms with Gasteiger partial charge in [-0.3, -0.25) is 14.9 Å². The van der Waals surface area contributed by atoms with Gasteiger partial charge in [0.1, 0.15) is 5.75 Å². The van der Waals surface area contributed by atoms with Gasteiger partial charge in [0.2, 0.25) is 0 Å². The van der Waals surface area contributed by atoms with Crippen LogP contribution >= 0.6 is 0 Å². The average molecular weight is 227 g/mol. The van der Waals surface area contributed by atoms with Crippen molar-refractivity contribution in [2.75, 3.05) is 0 Å². The van der Waals surface area contributed by atoms with Crippen LogP contribution in [0.2, 0.25) is 0 Å². The number of fused-ring (bicyclic) bond motifs is 3. The second-order valence-corrected chi connectivity index (χ2v) is 3.69. The summed E-state index contributed by atoms with van der Waals surface area (Å²) in [6.45, 7) is 1.38. The number of nitrogens with zero attached hydrogens (tertiary/aromatic N) is 2. The molecule has 3 aromatic rings. The highest BCUT2D eigenvalue weighted by molar-refractivity contribution is 6.08. The van der Waals surface area contributed by atoms with Gasteiger partial charge >= 0.3 is 5.97 Å². The van der Waals surface area contributed by atoms with Gasteiger partial charge in [-0.05, 0) is 18.2 Å². The van der Waals surface area contributed by atoms with Crippen molar-refractivity contribution in [3.8, 4) is 5.75 Å². The maximum Gasteiger partial charge on any atom is 0.308 e. The SMILES string of the molecule is CC(=O)Oc1ccnc2ccc3[nH]ncc3c12. The molecule has 0 saturated heterocycles. The fourth-order valence-electron chi connectivity index (χ4n) is 1.88. The molecular formula is C12H9N3O2. The first-order valence-corrected chi connectivity index (χ1v) is 5.15. The van der Waals surface area contributed by atoms with Crippen LogP contribution in [0.4, 0.5) is 0 Å². The fourth-order valence-corrected chi connectivity index (χ4v) is 1.88. The van der Waals surface area contributed by atoms with Crippen LogP contribution in [-0.4, -0.2) is 21.2 Å². The van der Waals surface area contributed by atoms with E-state index < -0.39 is 0 Å². The highest BCUT2D eigenvalue weighted by atomic mass is 16.5. The number of aromatic nitrogens is 3. The van der Waals surface area contributed by atoms with Crippen molar-refractivity contribution < 1.29 is 9.53 Å². The number of hydrogen-bond donors (Lipinski definition) is 1. The van der Waals surface area contributed by atoms with E-state index in [-0.39, 0.29) is 5.97 Å². The molecule has 17 heavy (non-hydrogen) atoms. The van der Waals surface area contributed by atoms with E-state index in [0.717, 1.165) is 21.8 Å². The number of pyridine rings is 1. The summed E-state index contributed by atoms with van der Waals surface area (Å²) in [6.07, 6.45) is 3.32. The molecule has 3 rings (SSSR count). The smallest absolute Gasteiger partial charge is 0.308 e. The minimum atomic E-state index is -0.349. The lowest BCUT2D eigenvalue weighted by atomic mass is 10.1. The van der Waals surface area contributed by atoms with Crippen LogP contribution in [0, 0.1) is 0 Å². The van der Waals surface area contributed by atoms with E-state index in [0.29, 0.717) is 5.75 Å². The lowest BCUT2D eigenvalue weighted by Crippen LogP contribution is -2.02. The van der Waals surface area contributed by atoms with E-state index >= 15 is 0 Å². The Morgan fingerprint density at radius 1 is 1.35 bits per heavy atom. The van der Waals surface area contributed by atoms with Gasteiger partial charge in [-0.25, -0.2) is 0 Å². The van der Waals surface area contributed by atoms with E-state index in [2.05, 4.69) is 15.2 Å². The third-order valence-electron chi connectivity index (χ3n) is 2.54. The molecule has 0 radical (unpaired) electrons. The van der Waals surface area contributed by atoms with E-state index in [9.17, 15) is 4.79 Å². The number of rotatable bonds is 1. The molecule has 1 N–H and O–H groups in total. The number of nitrogens with one attached hydrogen (secondary N) is 1. The second-order valence-electron chi connectivity index (χ2n) is 3.69. The van der Waals surface area contributed by atoms with Gasteiger partial charge < -0.3 is 4.74 Å². The molecule has 0 unspecified atom stereocenters. The maximum atomic E-state index is 11.1. The van der Waals surface area contributed by atoms with Gasteiger partial charge in [0, 0.05) is 18.5 Å². The predicted molar refractivity (Wildman–Crippen MR) is 62.7 cm³/mol. The Balaban J connectivity index is 2.41. The van der Waals surface area contributed by atoms with E-state index in [1.807, 2.05) is 12.1 Å². The molecule has 0 fully saturated rings. The highest BCUT2D eigenvalue weighted by Gasteiger charge is 2.10. The molecule has 5 heteroatoms. The summed E-state index contributed by atoms with van der Waals surface area (Å²) in [7, 11) is 0. The average Bonchev–Trinajstić information content (AvgIpc) is 2.76. The Hall–Kier alpha value is -2.43. The number of hydrogen-bond acceptors (Lipinski definition) is 4. The zero-order valence-corrected chi connectivity index (χ0v) is 9.10. The largest absolute Gasteiger partial charge is 0.426 e. The van der Waals surface area contributed by atoms with Crippen LogP contribution in [0.1, 0.15) is 6.92 Å².